The Hall–Kier alpha value is -1.48. The van der Waals surface area contributed by atoms with Crippen LogP contribution in [0.1, 0.15) is 12.6 Å². The molecule has 2 N–H and O–H groups in total. The van der Waals surface area contributed by atoms with Gasteiger partial charge in [-0.1, -0.05) is 11.6 Å². The van der Waals surface area contributed by atoms with Crippen molar-refractivity contribution in [1.29, 1.82) is 0 Å². The molecule has 0 saturated heterocycles. The van der Waals surface area contributed by atoms with Gasteiger partial charge in [0.15, 0.2) is 0 Å². The summed E-state index contributed by atoms with van der Waals surface area (Å²) in [6.07, 6.45) is 0. The van der Waals surface area contributed by atoms with E-state index in [-0.39, 0.29) is 5.91 Å². The van der Waals surface area contributed by atoms with Gasteiger partial charge in [0.05, 0.1) is 5.69 Å². The molecule has 0 radical (unpaired) electrons. The summed E-state index contributed by atoms with van der Waals surface area (Å²) >= 11 is 5.91. The molecule has 0 unspecified atom stereocenters. The normalized spacial score (nSPS) is 10.6. The summed E-state index contributed by atoms with van der Waals surface area (Å²) < 4.78 is 0. The molecule has 0 bridgehead atoms. The minimum absolute atomic E-state index is 0.0843. The lowest BCUT2D eigenvalue weighted by Gasteiger charge is -2.01. The van der Waals surface area contributed by atoms with Gasteiger partial charge in [0.1, 0.15) is 0 Å². The first-order valence-electron chi connectivity index (χ1n) is 4.63. The summed E-state index contributed by atoms with van der Waals surface area (Å²) in [5.74, 6) is -0.0843. The molecule has 0 fully saturated rings. The molecule has 2 aromatic rings. The Labute approximate surface area is 92.4 Å². The molecule has 0 aliphatic rings. The van der Waals surface area contributed by atoms with E-state index in [2.05, 4.69) is 10.3 Å². The fraction of sp³-hybridized carbons (Fsp3) is 0.182. The maximum Gasteiger partial charge on any atom is 0.221 e. The van der Waals surface area contributed by atoms with Crippen LogP contribution in [0.4, 0.5) is 5.69 Å². The zero-order valence-electron chi connectivity index (χ0n) is 8.52. The fourth-order valence-corrected chi connectivity index (χ4v) is 1.81. The van der Waals surface area contributed by atoms with E-state index in [0.717, 1.165) is 22.3 Å². The minimum Gasteiger partial charge on any atom is -0.357 e. The van der Waals surface area contributed by atoms with Gasteiger partial charge in [0.25, 0.3) is 0 Å². The van der Waals surface area contributed by atoms with Crippen LogP contribution in [-0.2, 0) is 4.79 Å². The summed E-state index contributed by atoms with van der Waals surface area (Å²) in [7, 11) is 0. The van der Waals surface area contributed by atoms with Crippen molar-refractivity contribution in [3.8, 4) is 0 Å². The molecular formula is C11H11ClN2O. The predicted molar refractivity (Wildman–Crippen MR) is 62.3 cm³/mol. The number of aryl methyl sites for hydroxylation is 1. The SMILES string of the molecule is CC(=O)Nc1c(C)[nH]c2ccc(Cl)cc12. The number of anilines is 1. The van der Waals surface area contributed by atoms with Gasteiger partial charge < -0.3 is 10.3 Å². The zero-order valence-corrected chi connectivity index (χ0v) is 9.27. The van der Waals surface area contributed by atoms with Crippen LogP contribution in [0.2, 0.25) is 5.02 Å². The molecule has 0 atom stereocenters. The van der Waals surface area contributed by atoms with Crippen LogP contribution in [-0.4, -0.2) is 10.9 Å². The highest BCUT2D eigenvalue weighted by Crippen LogP contribution is 2.29. The average Bonchev–Trinajstić information content (AvgIpc) is 2.43. The van der Waals surface area contributed by atoms with Gasteiger partial charge in [0, 0.05) is 28.5 Å². The second-order valence-corrected chi connectivity index (χ2v) is 3.93. The number of halogens is 1. The fourth-order valence-electron chi connectivity index (χ4n) is 1.64. The van der Waals surface area contributed by atoms with Crippen molar-refractivity contribution < 1.29 is 4.79 Å². The number of rotatable bonds is 1. The van der Waals surface area contributed by atoms with Gasteiger partial charge in [0.2, 0.25) is 5.91 Å². The van der Waals surface area contributed by atoms with Gasteiger partial charge in [-0.2, -0.15) is 0 Å². The summed E-state index contributed by atoms with van der Waals surface area (Å²) in [6.45, 7) is 3.40. The highest BCUT2D eigenvalue weighted by molar-refractivity contribution is 6.31. The number of aromatic nitrogens is 1. The van der Waals surface area contributed by atoms with Crippen LogP contribution >= 0.6 is 11.6 Å². The number of aromatic amines is 1. The highest BCUT2D eigenvalue weighted by Gasteiger charge is 2.09. The van der Waals surface area contributed by atoms with Crippen molar-refractivity contribution in [3.63, 3.8) is 0 Å². The van der Waals surface area contributed by atoms with Crippen molar-refractivity contribution in [1.82, 2.24) is 4.98 Å². The first-order valence-corrected chi connectivity index (χ1v) is 5.01. The Morgan fingerprint density at radius 2 is 2.20 bits per heavy atom. The van der Waals surface area contributed by atoms with E-state index < -0.39 is 0 Å². The average molecular weight is 223 g/mol. The van der Waals surface area contributed by atoms with Crippen LogP contribution in [0.15, 0.2) is 18.2 Å². The quantitative estimate of drug-likeness (QED) is 0.765. The smallest absolute Gasteiger partial charge is 0.221 e. The largest absolute Gasteiger partial charge is 0.357 e. The number of fused-ring (bicyclic) bond motifs is 1. The van der Waals surface area contributed by atoms with Crippen LogP contribution in [0, 0.1) is 6.92 Å². The van der Waals surface area contributed by atoms with Gasteiger partial charge in [-0.3, -0.25) is 4.79 Å². The molecule has 1 amide bonds. The molecule has 0 spiro atoms. The Morgan fingerprint density at radius 1 is 1.47 bits per heavy atom. The van der Waals surface area contributed by atoms with E-state index in [4.69, 9.17) is 11.6 Å². The molecule has 3 nitrogen and oxygen atoms in total. The number of amides is 1. The Bertz CT molecular complexity index is 531. The minimum atomic E-state index is -0.0843. The summed E-state index contributed by atoms with van der Waals surface area (Å²) in [5.41, 5.74) is 2.71. The molecular weight excluding hydrogens is 212 g/mol. The van der Waals surface area contributed by atoms with Gasteiger partial charge in [-0.05, 0) is 25.1 Å². The van der Waals surface area contributed by atoms with Gasteiger partial charge >= 0.3 is 0 Å². The first-order chi connectivity index (χ1) is 7.08. The molecule has 1 aromatic carbocycles. The zero-order chi connectivity index (χ0) is 11.0. The molecule has 0 aliphatic heterocycles. The lowest BCUT2D eigenvalue weighted by Crippen LogP contribution is -2.06. The molecule has 15 heavy (non-hydrogen) atoms. The summed E-state index contributed by atoms with van der Waals surface area (Å²) in [6, 6.07) is 5.55. The molecule has 0 saturated carbocycles. The van der Waals surface area contributed by atoms with Crippen LogP contribution in [0.5, 0.6) is 0 Å². The van der Waals surface area contributed by atoms with Crippen molar-refractivity contribution >= 4 is 34.1 Å². The number of hydrogen-bond acceptors (Lipinski definition) is 1. The highest BCUT2D eigenvalue weighted by atomic mass is 35.5. The van der Waals surface area contributed by atoms with Gasteiger partial charge in [-0.25, -0.2) is 0 Å². The number of hydrogen-bond donors (Lipinski definition) is 2. The van der Waals surface area contributed by atoms with Crippen molar-refractivity contribution in [2.24, 2.45) is 0 Å². The molecule has 1 heterocycles. The monoisotopic (exact) mass is 222 g/mol. The molecule has 78 valence electrons. The molecule has 0 aliphatic carbocycles. The third-order valence-corrected chi connectivity index (χ3v) is 2.48. The number of nitrogens with one attached hydrogen (secondary N) is 2. The lowest BCUT2D eigenvalue weighted by atomic mass is 10.2. The number of H-pyrrole nitrogens is 1. The Kier molecular flexibility index (Phi) is 2.40. The van der Waals surface area contributed by atoms with Crippen LogP contribution in [0.25, 0.3) is 10.9 Å². The van der Waals surface area contributed by atoms with Crippen molar-refractivity contribution in [2.75, 3.05) is 5.32 Å². The van der Waals surface area contributed by atoms with Crippen LogP contribution in [0.3, 0.4) is 0 Å². The Balaban J connectivity index is 2.65. The second kappa shape index (κ2) is 3.59. The standard InChI is InChI=1S/C11H11ClN2O/c1-6-11(14-7(2)15)9-5-8(12)3-4-10(9)13-6/h3-5,13H,1-2H3,(H,14,15). The summed E-state index contributed by atoms with van der Waals surface area (Å²) in [5, 5.41) is 4.39. The van der Waals surface area contributed by atoms with E-state index in [9.17, 15) is 4.79 Å². The van der Waals surface area contributed by atoms with E-state index in [1.807, 2.05) is 25.1 Å². The maximum atomic E-state index is 11.0. The number of benzene rings is 1. The van der Waals surface area contributed by atoms with E-state index in [1.165, 1.54) is 6.92 Å². The summed E-state index contributed by atoms with van der Waals surface area (Å²) in [4.78, 5) is 14.2. The third kappa shape index (κ3) is 1.83. The van der Waals surface area contributed by atoms with Crippen LogP contribution < -0.4 is 5.32 Å². The van der Waals surface area contributed by atoms with E-state index >= 15 is 0 Å². The second-order valence-electron chi connectivity index (χ2n) is 3.50. The van der Waals surface area contributed by atoms with Crippen molar-refractivity contribution in [2.45, 2.75) is 13.8 Å². The molecule has 1 aromatic heterocycles. The Morgan fingerprint density at radius 3 is 2.87 bits per heavy atom. The first kappa shape index (κ1) is 10.1. The van der Waals surface area contributed by atoms with Crippen molar-refractivity contribution in [3.05, 3.63) is 28.9 Å². The topological polar surface area (TPSA) is 44.9 Å². The predicted octanol–water partition coefficient (Wildman–Crippen LogP) is 3.09. The third-order valence-electron chi connectivity index (χ3n) is 2.25. The maximum absolute atomic E-state index is 11.0. The number of carbonyl (C=O) groups is 1. The van der Waals surface area contributed by atoms with E-state index in [0.29, 0.717) is 5.02 Å². The number of carbonyl (C=O) groups excluding carboxylic acids is 1. The molecule has 4 heteroatoms. The molecule has 2 rings (SSSR count). The van der Waals surface area contributed by atoms with E-state index in [1.54, 1.807) is 0 Å². The lowest BCUT2D eigenvalue weighted by molar-refractivity contribution is -0.114. The van der Waals surface area contributed by atoms with Gasteiger partial charge in [-0.15, -0.1) is 0 Å².